The standard InChI is InChI=1S/C14H23FN4O2/c1-19(8-9-21-2)7-6-17-10-11-4-3-5-12(13(11)15)14(16)18-20/h3-5,17,20H,6-10H2,1-2H3,(H2,16,18). The maximum absolute atomic E-state index is 14.1. The fourth-order valence-electron chi connectivity index (χ4n) is 1.82. The summed E-state index contributed by atoms with van der Waals surface area (Å²) in [5, 5.41) is 14.6. The minimum Gasteiger partial charge on any atom is -0.409 e. The lowest BCUT2D eigenvalue weighted by molar-refractivity contribution is 0.161. The van der Waals surface area contributed by atoms with Gasteiger partial charge in [-0.25, -0.2) is 4.39 Å². The van der Waals surface area contributed by atoms with E-state index in [1.54, 1.807) is 19.2 Å². The minimum atomic E-state index is -0.465. The van der Waals surface area contributed by atoms with E-state index in [1.165, 1.54) is 6.07 Å². The Morgan fingerprint density at radius 3 is 2.90 bits per heavy atom. The maximum atomic E-state index is 14.1. The lowest BCUT2D eigenvalue weighted by Gasteiger charge is -2.16. The fourth-order valence-corrected chi connectivity index (χ4v) is 1.82. The number of halogens is 1. The number of amidine groups is 1. The van der Waals surface area contributed by atoms with Gasteiger partial charge >= 0.3 is 0 Å². The zero-order valence-electron chi connectivity index (χ0n) is 12.5. The molecule has 1 aromatic carbocycles. The molecule has 0 spiro atoms. The number of nitrogens with one attached hydrogen (secondary N) is 1. The van der Waals surface area contributed by atoms with Crippen LogP contribution in [-0.4, -0.2) is 56.3 Å². The van der Waals surface area contributed by atoms with Gasteiger partial charge in [0.05, 0.1) is 12.2 Å². The van der Waals surface area contributed by atoms with Crippen molar-refractivity contribution in [3.8, 4) is 0 Å². The average Bonchev–Trinajstić information content (AvgIpc) is 2.50. The van der Waals surface area contributed by atoms with Gasteiger partial charge in [-0.2, -0.15) is 0 Å². The third-order valence-electron chi connectivity index (χ3n) is 3.13. The van der Waals surface area contributed by atoms with Crippen LogP contribution >= 0.6 is 0 Å². The highest BCUT2D eigenvalue weighted by molar-refractivity contribution is 5.97. The van der Waals surface area contributed by atoms with Crippen LogP contribution in [0.5, 0.6) is 0 Å². The second-order valence-corrected chi connectivity index (χ2v) is 4.74. The van der Waals surface area contributed by atoms with Crippen molar-refractivity contribution in [1.82, 2.24) is 10.2 Å². The predicted molar refractivity (Wildman–Crippen MR) is 80.0 cm³/mol. The molecular weight excluding hydrogens is 275 g/mol. The van der Waals surface area contributed by atoms with Crippen LogP contribution < -0.4 is 11.1 Å². The SMILES string of the molecule is COCCN(C)CCNCc1cccc(/C(N)=N/O)c1F. The molecule has 0 saturated heterocycles. The van der Waals surface area contributed by atoms with E-state index in [4.69, 9.17) is 15.7 Å². The molecule has 0 amide bonds. The summed E-state index contributed by atoms with van der Waals surface area (Å²) >= 11 is 0. The molecule has 118 valence electrons. The molecule has 0 fully saturated rings. The smallest absolute Gasteiger partial charge is 0.173 e. The van der Waals surface area contributed by atoms with Crippen LogP contribution in [0.3, 0.4) is 0 Å². The molecule has 0 aromatic heterocycles. The Kier molecular flexibility index (Phi) is 7.66. The van der Waals surface area contributed by atoms with Gasteiger partial charge in [-0.1, -0.05) is 17.3 Å². The Labute approximate surface area is 124 Å². The van der Waals surface area contributed by atoms with E-state index in [-0.39, 0.29) is 11.4 Å². The molecule has 0 aliphatic carbocycles. The van der Waals surface area contributed by atoms with Crippen molar-refractivity contribution >= 4 is 5.84 Å². The molecule has 0 unspecified atom stereocenters. The second-order valence-electron chi connectivity index (χ2n) is 4.74. The number of benzene rings is 1. The first-order valence-electron chi connectivity index (χ1n) is 6.73. The quantitative estimate of drug-likeness (QED) is 0.204. The number of rotatable bonds is 9. The molecule has 1 aromatic rings. The van der Waals surface area contributed by atoms with E-state index in [0.717, 1.165) is 19.6 Å². The summed E-state index contributed by atoms with van der Waals surface area (Å²) in [6.07, 6.45) is 0. The van der Waals surface area contributed by atoms with Crippen LogP contribution in [0.4, 0.5) is 4.39 Å². The molecule has 1 rings (SSSR count). The Hall–Kier alpha value is -1.70. The molecule has 0 heterocycles. The first-order chi connectivity index (χ1) is 10.1. The van der Waals surface area contributed by atoms with E-state index < -0.39 is 5.82 Å². The molecule has 0 aliphatic heterocycles. The Balaban J connectivity index is 2.46. The Bertz CT molecular complexity index is 468. The lowest BCUT2D eigenvalue weighted by atomic mass is 10.1. The van der Waals surface area contributed by atoms with Crippen molar-refractivity contribution in [2.45, 2.75) is 6.54 Å². The van der Waals surface area contributed by atoms with Gasteiger partial charge in [0.25, 0.3) is 0 Å². The van der Waals surface area contributed by atoms with Gasteiger partial charge in [-0.3, -0.25) is 0 Å². The summed E-state index contributed by atoms with van der Waals surface area (Å²) in [5.74, 6) is -0.693. The predicted octanol–water partition coefficient (Wildman–Crippen LogP) is 0.588. The molecule has 0 atom stereocenters. The maximum Gasteiger partial charge on any atom is 0.173 e. The van der Waals surface area contributed by atoms with Crippen molar-refractivity contribution in [3.63, 3.8) is 0 Å². The summed E-state index contributed by atoms with van der Waals surface area (Å²) in [6, 6.07) is 4.83. The molecule has 0 radical (unpaired) electrons. The summed E-state index contributed by atoms with van der Waals surface area (Å²) in [6.45, 7) is 3.49. The number of methoxy groups -OCH3 is 1. The highest BCUT2D eigenvalue weighted by Gasteiger charge is 2.11. The van der Waals surface area contributed by atoms with Crippen LogP contribution in [-0.2, 0) is 11.3 Å². The number of ether oxygens (including phenoxy) is 1. The fraction of sp³-hybridized carbons (Fsp3) is 0.500. The van der Waals surface area contributed by atoms with E-state index in [1.807, 2.05) is 7.05 Å². The first kappa shape index (κ1) is 17.4. The molecular formula is C14H23FN4O2. The van der Waals surface area contributed by atoms with Gasteiger partial charge in [-0.05, 0) is 13.1 Å². The van der Waals surface area contributed by atoms with Crippen LogP contribution in [0.1, 0.15) is 11.1 Å². The number of hydrogen-bond donors (Lipinski definition) is 3. The van der Waals surface area contributed by atoms with Crippen molar-refractivity contribution in [3.05, 3.63) is 35.1 Å². The molecule has 0 saturated carbocycles. The zero-order valence-corrected chi connectivity index (χ0v) is 12.5. The third-order valence-corrected chi connectivity index (χ3v) is 3.13. The van der Waals surface area contributed by atoms with E-state index in [9.17, 15) is 4.39 Å². The van der Waals surface area contributed by atoms with Crippen molar-refractivity contribution in [2.24, 2.45) is 10.9 Å². The number of oxime groups is 1. The minimum absolute atomic E-state index is 0.106. The normalized spacial score (nSPS) is 12.1. The van der Waals surface area contributed by atoms with Crippen LogP contribution in [0, 0.1) is 5.82 Å². The molecule has 4 N–H and O–H groups in total. The Morgan fingerprint density at radius 1 is 1.48 bits per heavy atom. The van der Waals surface area contributed by atoms with E-state index >= 15 is 0 Å². The second kappa shape index (κ2) is 9.28. The molecule has 0 aliphatic rings. The van der Waals surface area contributed by atoms with Crippen LogP contribution in [0.25, 0.3) is 0 Å². The average molecular weight is 298 g/mol. The zero-order chi connectivity index (χ0) is 15.7. The van der Waals surface area contributed by atoms with Gasteiger partial charge in [0, 0.05) is 38.9 Å². The highest BCUT2D eigenvalue weighted by atomic mass is 19.1. The number of hydrogen-bond acceptors (Lipinski definition) is 5. The monoisotopic (exact) mass is 298 g/mol. The van der Waals surface area contributed by atoms with E-state index in [2.05, 4.69) is 15.4 Å². The number of nitrogens with two attached hydrogens (primary N) is 1. The summed E-state index contributed by atoms with van der Waals surface area (Å²) < 4.78 is 19.1. The highest BCUT2D eigenvalue weighted by Crippen LogP contribution is 2.12. The molecule has 6 nitrogen and oxygen atoms in total. The van der Waals surface area contributed by atoms with Crippen molar-refractivity contribution in [1.29, 1.82) is 0 Å². The summed E-state index contributed by atoms with van der Waals surface area (Å²) in [4.78, 5) is 2.12. The molecule has 0 bridgehead atoms. The topological polar surface area (TPSA) is 83.1 Å². The largest absolute Gasteiger partial charge is 0.409 e. The van der Waals surface area contributed by atoms with Gasteiger partial charge in [-0.15, -0.1) is 0 Å². The summed E-state index contributed by atoms with van der Waals surface area (Å²) in [7, 11) is 3.67. The van der Waals surface area contributed by atoms with Gasteiger partial charge in [0.15, 0.2) is 5.84 Å². The van der Waals surface area contributed by atoms with Crippen LogP contribution in [0.15, 0.2) is 23.4 Å². The first-order valence-corrected chi connectivity index (χ1v) is 6.73. The molecule has 7 heteroatoms. The number of likely N-dealkylation sites (N-methyl/N-ethyl adjacent to an activating group) is 1. The van der Waals surface area contributed by atoms with E-state index in [0.29, 0.717) is 18.7 Å². The third kappa shape index (κ3) is 5.66. The number of nitrogens with zero attached hydrogens (tertiary/aromatic N) is 2. The summed E-state index contributed by atoms with van der Waals surface area (Å²) in [5.41, 5.74) is 6.02. The Morgan fingerprint density at radius 2 is 2.24 bits per heavy atom. The van der Waals surface area contributed by atoms with Crippen molar-refractivity contribution < 1.29 is 14.3 Å². The lowest BCUT2D eigenvalue weighted by Crippen LogP contribution is -2.31. The van der Waals surface area contributed by atoms with Gasteiger partial charge in [0.2, 0.25) is 0 Å². The van der Waals surface area contributed by atoms with Crippen molar-refractivity contribution in [2.75, 3.05) is 40.4 Å². The molecule has 21 heavy (non-hydrogen) atoms. The van der Waals surface area contributed by atoms with Gasteiger partial charge in [0.1, 0.15) is 5.82 Å². The van der Waals surface area contributed by atoms with Crippen LogP contribution in [0.2, 0.25) is 0 Å². The van der Waals surface area contributed by atoms with Gasteiger partial charge < -0.3 is 25.9 Å².